The highest BCUT2D eigenvalue weighted by atomic mass is 79.9. The highest BCUT2D eigenvalue weighted by Gasteiger charge is 2.82. The number of nitrogens with zero attached hydrogens (tertiary/aromatic N) is 5. The number of nitrogens with one attached hydrogen (secondary N) is 1. The van der Waals surface area contributed by atoms with Gasteiger partial charge >= 0.3 is 17.9 Å². The molecule has 12 aliphatic rings. The lowest BCUT2D eigenvalue weighted by Crippen LogP contribution is -2.68. The van der Waals surface area contributed by atoms with E-state index in [-0.39, 0.29) is 51.2 Å². The molecule has 21 rings (SSSR count). The van der Waals surface area contributed by atoms with E-state index in [4.69, 9.17) is 62.4 Å². The van der Waals surface area contributed by atoms with Crippen molar-refractivity contribution in [1.82, 2.24) is 30.1 Å². The predicted molar refractivity (Wildman–Crippen MR) is 438 cm³/mol. The first-order valence-electron chi connectivity index (χ1n) is 39.1. The van der Waals surface area contributed by atoms with Crippen LogP contribution >= 0.6 is 47.8 Å². The molecule has 29 nitrogen and oxygen atoms in total. The molecule has 3 spiro atoms. The molecule has 15 atom stereocenters. The number of pyridine rings is 3. The Bertz CT molecular complexity index is 5210. The molecule has 10 N–H and O–H groups in total. The number of aromatic nitrogens is 3. The summed E-state index contributed by atoms with van der Waals surface area (Å²) >= 11 is 10.4. The zero-order valence-corrected chi connectivity index (χ0v) is 70.1. The summed E-state index contributed by atoms with van der Waals surface area (Å²) in [5.41, 5.74) is -5.43. The maximum atomic E-state index is 14.2. The molecule has 6 saturated heterocycles. The largest absolute Gasteiger partial charge is 0.495 e. The molecule has 9 aliphatic heterocycles. The SMILES string of the molecule is C1NCC12COC2.COc1cncc2c1[C@]1(O)[C@H](O)[C@H](C(=O)N3CC4(COC4)C3)C(c3ccccc3)[C@]1(c1ccc(Br)cc1)O2.COc1cncc2c1[C@]1(O)[C@H](O)[C@H](C(=O)N3CC4(COC4)C3)[C@@H](c3ccccc3)[C@]1(c1ccc(Br)cc1)O2.COc1cncc2c1[C@]1(O)[C@H](O)[C@H](C(=O)O)[C@@H](c3ccccc3)C1(c1ccc(Br)cc1)O2.O=C(O)C(=O)O. The highest BCUT2D eigenvalue weighted by Crippen LogP contribution is 2.74. The number of aliphatic hydroxyl groups is 6. The van der Waals surface area contributed by atoms with Crippen LogP contribution in [0.1, 0.15) is 67.8 Å². The molecular weight excluding hydrogens is 1760 g/mol. The van der Waals surface area contributed by atoms with Crippen LogP contribution in [0, 0.1) is 34.0 Å². The second kappa shape index (κ2) is 31.4. The number of carboxylic acid groups (broad SMARTS) is 3. The van der Waals surface area contributed by atoms with E-state index < -0.39 is 105 Å². The van der Waals surface area contributed by atoms with Crippen LogP contribution in [-0.4, -0.2) is 219 Å². The molecule has 121 heavy (non-hydrogen) atoms. The molecule has 2 unspecified atom stereocenters. The van der Waals surface area contributed by atoms with E-state index >= 15 is 0 Å². The third-order valence-electron chi connectivity index (χ3n) is 26.2. The Morgan fingerprint density at radius 1 is 0.397 bits per heavy atom. The summed E-state index contributed by atoms with van der Waals surface area (Å²) in [4.78, 5) is 75.3. The third-order valence-corrected chi connectivity index (χ3v) is 27.7. The van der Waals surface area contributed by atoms with Crippen molar-refractivity contribution >= 4 is 77.5 Å². The van der Waals surface area contributed by atoms with Crippen molar-refractivity contribution < 1.29 is 113 Å². The van der Waals surface area contributed by atoms with E-state index in [2.05, 4.69) is 68.1 Å². The van der Waals surface area contributed by atoms with Gasteiger partial charge in [-0.2, -0.15) is 0 Å². The smallest absolute Gasteiger partial charge is 0.414 e. The fourth-order valence-corrected chi connectivity index (χ4v) is 21.4. The molecule has 32 heteroatoms. The Kier molecular flexibility index (Phi) is 21.6. The number of aliphatic carboxylic acids is 3. The van der Waals surface area contributed by atoms with Crippen LogP contribution in [0.2, 0.25) is 0 Å². The minimum absolute atomic E-state index is 0.00954. The number of fused-ring (bicyclic) bond motifs is 9. The average Bonchev–Trinajstić information content (AvgIpc) is 1.50. The first-order valence-corrected chi connectivity index (χ1v) is 41.5. The van der Waals surface area contributed by atoms with Crippen LogP contribution in [0.4, 0.5) is 0 Å². The number of ether oxygens (including phenoxy) is 9. The Balaban J connectivity index is 0.000000120. The van der Waals surface area contributed by atoms with E-state index in [0.717, 1.165) is 37.8 Å². The van der Waals surface area contributed by atoms with E-state index in [1.807, 2.05) is 115 Å². The van der Waals surface area contributed by atoms with Crippen LogP contribution in [0.5, 0.6) is 34.5 Å². The summed E-state index contributed by atoms with van der Waals surface area (Å²) in [5.74, 6) is -9.30. The first-order chi connectivity index (χ1) is 58.1. The molecule has 9 aromatic rings. The molecule has 3 aromatic heterocycles. The average molecular weight is 1850 g/mol. The van der Waals surface area contributed by atoms with Gasteiger partial charge in [0.25, 0.3) is 0 Å². The lowest BCUT2D eigenvalue weighted by atomic mass is 9.70. The summed E-state index contributed by atoms with van der Waals surface area (Å²) in [5, 5.41) is 102. The number of halogens is 3. The van der Waals surface area contributed by atoms with Crippen molar-refractivity contribution in [3.05, 3.63) is 264 Å². The molecule has 630 valence electrons. The van der Waals surface area contributed by atoms with Gasteiger partial charge in [0.05, 0.1) is 143 Å². The number of likely N-dealkylation sites (tertiary alicyclic amines) is 2. The molecule has 0 radical (unpaired) electrons. The molecule has 3 aliphatic carbocycles. The number of hydrogen-bond acceptors (Lipinski definition) is 24. The molecule has 3 saturated carbocycles. The van der Waals surface area contributed by atoms with Crippen molar-refractivity contribution in [3.63, 3.8) is 0 Å². The maximum Gasteiger partial charge on any atom is 0.414 e. The predicted octanol–water partition coefficient (Wildman–Crippen LogP) is 7.87. The van der Waals surface area contributed by atoms with Gasteiger partial charge in [0.2, 0.25) is 11.8 Å². The Morgan fingerprint density at radius 3 is 0.893 bits per heavy atom. The Hall–Kier alpha value is -10.0. The van der Waals surface area contributed by atoms with Gasteiger partial charge in [-0.25, -0.2) is 9.59 Å². The number of rotatable bonds is 12. The summed E-state index contributed by atoms with van der Waals surface area (Å²) in [6.07, 6.45) is 4.22. The van der Waals surface area contributed by atoms with Gasteiger partial charge in [-0.1, -0.05) is 175 Å². The second-order valence-corrected chi connectivity index (χ2v) is 35.7. The van der Waals surface area contributed by atoms with Crippen LogP contribution in [-0.2, 0) is 71.8 Å². The number of carbonyl (C=O) groups is 5. The quantitative estimate of drug-likeness (QED) is 0.0520. The van der Waals surface area contributed by atoms with Crippen LogP contribution in [0.25, 0.3) is 0 Å². The number of hydrogen-bond donors (Lipinski definition) is 10. The van der Waals surface area contributed by atoms with Gasteiger partial charge in [0.1, 0.15) is 52.8 Å². The molecule has 12 heterocycles. The fourth-order valence-electron chi connectivity index (χ4n) is 20.6. The van der Waals surface area contributed by atoms with Crippen molar-refractivity contribution in [2.45, 2.75) is 69.7 Å². The zero-order valence-electron chi connectivity index (χ0n) is 65.3. The van der Waals surface area contributed by atoms with Crippen molar-refractivity contribution in [3.8, 4) is 34.5 Å². The number of benzene rings is 6. The standard InChI is InChI=1S/2C29H27BrN2O6.C24H20BrNO6.C5H9NO.C2H2O4/c2*1-36-20-11-31-12-21-24(20)28(35)25(33)22(26(34)32-13-27(14-32)15-37-16-27)23(17-5-3-2-4-6-17)29(28,38-21)18-7-9-19(30)10-8-18;1-31-16-11-26-12-17-20(16)23(30)21(27)18(22(28)29)19(13-5-3-2-4-6-13)24(23,32-17)14-7-9-15(25)10-8-14;1-5(2-6-1)3-7-4-5;3-1(4)2(5)6/h2*2-12,22-23,25,33,35H,13-16H2,1H3;2-12,18-19,21,27,30H,1H3,(H,28,29);6H,1-4H2;(H,3,4)(H,5,6)/t22-,23?,25-,28+,29+;22-,23-,25-,28+,29+;18-,19-,21-,23+,24?;;/m111../s1. The summed E-state index contributed by atoms with van der Waals surface area (Å²) in [6.45, 7) is 9.23. The van der Waals surface area contributed by atoms with E-state index in [1.54, 1.807) is 58.3 Å². The topological polar surface area (TPSA) is 408 Å². The molecule has 6 aromatic carbocycles. The lowest BCUT2D eigenvalue weighted by molar-refractivity contribution is -0.200. The molecule has 9 fully saturated rings. The third kappa shape index (κ3) is 12.7. The van der Waals surface area contributed by atoms with Crippen molar-refractivity contribution in [1.29, 1.82) is 0 Å². The van der Waals surface area contributed by atoms with Crippen molar-refractivity contribution in [2.24, 2.45) is 34.0 Å². The monoisotopic (exact) mass is 1840 g/mol. The number of carboxylic acids is 3. The van der Waals surface area contributed by atoms with Gasteiger partial charge in [0.15, 0.2) is 33.6 Å². The number of aliphatic hydroxyl groups excluding tert-OH is 3. The van der Waals surface area contributed by atoms with Crippen LogP contribution in [0.15, 0.2) is 214 Å². The fraction of sp³-hybridized carbons (Fsp3) is 0.371. The van der Waals surface area contributed by atoms with E-state index in [9.17, 15) is 50.1 Å². The minimum atomic E-state index is -2.12. The first kappa shape index (κ1) is 83.2. The number of methoxy groups -OCH3 is 3. The van der Waals surface area contributed by atoms with Gasteiger partial charge in [-0.05, 0) is 69.8 Å². The normalized spacial score (nSPS) is 30.5. The lowest BCUT2D eigenvalue weighted by Gasteiger charge is -2.55. The minimum Gasteiger partial charge on any atom is -0.495 e. The van der Waals surface area contributed by atoms with E-state index in [0.29, 0.717) is 103 Å². The van der Waals surface area contributed by atoms with Crippen LogP contribution < -0.4 is 33.7 Å². The molecular formula is C89H85Br3N6O23. The van der Waals surface area contributed by atoms with Gasteiger partial charge in [0, 0.05) is 75.9 Å². The number of carbonyl (C=O) groups excluding carboxylic acids is 2. The van der Waals surface area contributed by atoms with Gasteiger partial charge < -0.3 is 104 Å². The van der Waals surface area contributed by atoms with E-state index in [1.165, 1.54) is 71.6 Å². The van der Waals surface area contributed by atoms with Gasteiger partial charge in [-0.15, -0.1) is 0 Å². The Morgan fingerprint density at radius 2 is 0.669 bits per heavy atom. The summed E-state index contributed by atoms with van der Waals surface area (Å²) in [7, 11) is 4.39. The van der Waals surface area contributed by atoms with Crippen LogP contribution in [0.3, 0.4) is 0 Å². The molecule has 2 amide bonds. The number of amides is 2. The maximum absolute atomic E-state index is 14.2. The zero-order chi connectivity index (χ0) is 85.1. The summed E-state index contributed by atoms with van der Waals surface area (Å²) < 4.78 is 55.0. The Labute approximate surface area is 718 Å². The van der Waals surface area contributed by atoms with Crippen molar-refractivity contribution in [2.75, 3.05) is 100 Å². The molecule has 0 bridgehead atoms. The summed E-state index contributed by atoms with van der Waals surface area (Å²) in [6, 6.07) is 50.0. The highest BCUT2D eigenvalue weighted by molar-refractivity contribution is 9.11. The second-order valence-electron chi connectivity index (χ2n) is 33.0. The van der Waals surface area contributed by atoms with Gasteiger partial charge in [-0.3, -0.25) is 29.3 Å².